The molecular weight excluding hydrogens is 556 g/mol. The third-order valence-corrected chi connectivity index (χ3v) is 10.4. The summed E-state index contributed by atoms with van der Waals surface area (Å²) in [5.41, 5.74) is 7.32. The van der Waals surface area contributed by atoms with Crippen molar-refractivity contribution in [1.29, 1.82) is 0 Å². The van der Waals surface area contributed by atoms with Gasteiger partial charge >= 0.3 is 5.97 Å². The molecule has 0 amide bonds. The van der Waals surface area contributed by atoms with Crippen molar-refractivity contribution in [2.45, 2.75) is 64.8 Å². The summed E-state index contributed by atoms with van der Waals surface area (Å²) < 4.78 is 17.6. The number of aryl methyl sites for hydroxylation is 2. The molecule has 4 heterocycles. The number of rotatable bonds is 9. The molecule has 1 unspecified atom stereocenters. The van der Waals surface area contributed by atoms with Gasteiger partial charge in [0.2, 0.25) is 5.95 Å². The number of carbonyl (C=O) groups is 1. The van der Waals surface area contributed by atoms with E-state index in [4.69, 9.17) is 19.2 Å². The fourth-order valence-electron chi connectivity index (χ4n) is 7.90. The fraction of sp³-hybridized carbons (Fsp3) is 0.514. The Morgan fingerprint density at radius 2 is 2.00 bits per heavy atom. The molecule has 0 bridgehead atoms. The highest BCUT2D eigenvalue weighted by atomic mass is 16.5. The monoisotopic (exact) mass is 598 g/mol. The highest BCUT2D eigenvalue weighted by Gasteiger charge is 2.71. The van der Waals surface area contributed by atoms with E-state index in [0.717, 1.165) is 68.1 Å². The average molecular weight is 599 g/mol. The summed E-state index contributed by atoms with van der Waals surface area (Å²) in [7, 11) is 1.61. The van der Waals surface area contributed by atoms with Crippen molar-refractivity contribution in [2.75, 3.05) is 44.9 Å². The summed E-state index contributed by atoms with van der Waals surface area (Å²) >= 11 is 0. The minimum absolute atomic E-state index is 0.0928. The summed E-state index contributed by atoms with van der Waals surface area (Å²) in [5.74, 6) is 0.671. The standard InChI is InChI=1S/C35H42N4O5/c1-22-5-4-6-28(30-7-11-36-34(37-30)39-18-26-17-35(26,33(40)41)31(39)21-42-3)32(22)44-20-24-15-23(2)29-19-38(12-8-25(29)16-24)27-9-13-43-14-10-27/h4-7,11,15-16,26-27,31H,8-10,12-14,17-21H2,1-3H3,(H,40,41)/t26?,31-,35-/m1/s1. The zero-order valence-corrected chi connectivity index (χ0v) is 25.9. The Kier molecular flexibility index (Phi) is 7.80. The Bertz CT molecular complexity index is 1560. The lowest BCUT2D eigenvalue weighted by Gasteiger charge is -2.38. The maximum Gasteiger partial charge on any atom is 0.312 e. The molecule has 0 spiro atoms. The molecule has 9 heteroatoms. The minimum atomic E-state index is -0.775. The number of hydrogen-bond acceptors (Lipinski definition) is 8. The maximum absolute atomic E-state index is 12.2. The SMILES string of the molecule is COC[C@H]1N(c2nccc(-c3cccc(C)c3OCc3cc(C)c4c(c3)CCN(C3CCOCC3)C4)n2)CC2C[C@@]21C(=O)O. The highest BCUT2D eigenvalue weighted by Crippen LogP contribution is 2.62. The van der Waals surface area contributed by atoms with Crippen LogP contribution in [0, 0.1) is 25.2 Å². The first kappa shape index (κ1) is 29.2. The summed E-state index contributed by atoms with van der Waals surface area (Å²) in [6.07, 6.45) is 5.75. The number of hydrogen-bond donors (Lipinski definition) is 1. The van der Waals surface area contributed by atoms with E-state index < -0.39 is 11.4 Å². The van der Waals surface area contributed by atoms with Crippen LogP contribution in [0.15, 0.2) is 42.6 Å². The smallest absolute Gasteiger partial charge is 0.312 e. The van der Waals surface area contributed by atoms with Gasteiger partial charge in [-0.1, -0.05) is 24.3 Å². The molecule has 3 fully saturated rings. The number of nitrogens with zero attached hydrogens (tertiary/aromatic N) is 4. The second kappa shape index (κ2) is 11.8. The van der Waals surface area contributed by atoms with Crippen LogP contribution in [0.4, 0.5) is 5.95 Å². The Hall–Kier alpha value is -3.53. The minimum Gasteiger partial charge on any atom is -0.488 e. The van der Waals surface area contributed by atoms with E-state index >= 15 is 0 Å². The van der Waals surface area contributed by atoms with E-state index in [1.807, 2.05) is 23.1 Å². The van der Waals surface area contributed by atoms with Crippen LogP contribution in [0.5, 0.6) is 5.75 Å². The van der Waals surface area contributed by atoms with Crippen LogP contribution in [-0.2, 0) is 33.8 Å². The van der Waals surface area contributed by atoms with Gasteiger partial charge in [-0.2, -0.15) is 0 Å². The van der Waals surface area contributed by atoms with Crippen LogP contribution in [0.2, 0.25) is 0 Å². The number of ether oxygens (including phenoxy) is 3. The number of carboxylic acids is 1. The predicted molar refractivity (Wildman–Crippen MR) is 167 cm³/mol. The van der Waals surface area contributed by atoms with Gasteiger partial charge in [0.15, 0.2) is 0 Å². The lowest BCUT2D eigenvalue weighted by Crippen LogP contribution is -2.44. The van der Waals surface area contributed by atoms with Crippen LogP contribution in [0.3, 0.4) is 0 Å². The Labute approximate surface area is 259 Å². The Morgan fingerprint density at radius 3 is 2.80 bits per heavy atom. The van der Waals surface area contributed by atoms with Crippen molar-refractivity contribution < 1.29 is 24.1 Å². The van der Waals surface area contributed by atoms with Gasteiger partial charge in [0, 0.05) is 57.8 Å². The molecule has 9 nitrogen and oxygen atoms in total. The van der Waals surface area contributed by atoms with Gasteiger partial charge in [-0.25, -0.2) is 9.97 Å². The number of piperidine rings is 1. The Morgan fingerprint density at radius 1 is 1.16 bits per heavy atom. The van der Waals surface area contributed by atoms with Gasteiger partial charge in [0.05, 0.1) is 23.8 Å². The number of benzene rings is 2. The van der Waals surface area contributed by atoms with E-state index in [1.54, 1.807) is 13.3 Å². The molecule has 3 aromatic rings. The quantitative estimate of drug-likeness (QED) is 0.373. The largest absolute Gasteiger partial charge is 0.488 e. The van der Waals surface area contributed by atoms with E-state index in [0.29, 0.717) is 38.2 Å². The van der Waals surface area contributed by atoms with Crippen LogP contribution in [-0.4, -0.2) is 78.0 Å². The maximum atomic E-state index is 12.2. The van der Waals surface area contributed by atoms with Gasteiger partial charge in [0.25, 0.3) is 0 Å². The number of aromatic nitrogens is 2. The predicted octanol–water partition coefficient (Wildman–Crippen LogP) is 4.80. The lowest BCUT2D eigenvalue weighted by molar-refractivity contribution is -0.144. The molecule has 232 valence electrons. The van der Waals surface area contributed by atoms with Crippen molar-refractivity contribution >= 4 is 11.9 Å². The second-order valence-electron chi connectivity index (χ2n) is 13.0. The van der Waals surface area contributed by atoms with Gasteiger partial charge in [-0.15, -0.1) is 0 Å². The van der Waals surface area contributed by atoms with Gasteiger partial charge in [-0.05, 0) is 85.4 Å². The molecule has 1 aliphatic carbocycles. The molecule has 1 saturated carbocycles. The third kappa shape index (κ3) is 5.14. The van der Waals surface area contributed by atoms with Crippen molar-refractivity contribution in [3.05, 3.63) is 70.4 Å². The van der Waals surface area contributed by atoms with E-state index in [2.05, 4.69) is 41.9 Å². The first-order valence-electron chi connectivity index (χ1n) is 15.9. The highest BCUT2D eigenvalue weighted by molar-refractivity contribution is 5.82. The van der Waals surface area contributed by atoms with Crippen LogP contribution in [0.25, 0.3) is 11.3 Å². The van der Waals surface area contributed by atoms with Crippen molar-refractivity contribution in [2.24, 2.45) is 11.3 Å². The number of carboxylic acid groups (broad SMARTS) is 1. The molecule has 1 N–H and O–H groups in total. The molecule has 2 saturated heterocycles. The molecule has 1 aromatic heterocycles. The van der Waals surface area contributed by atoms with E-state index in [-0.39, 0.29) is 12.0 Å². The normalized spacial score (nSPS) is 25.0. The molecule has 0 radical (unpaired) electrons. The number of aliphatic carboxylic acids is 1. The van der Waals surface area contributed by atoms with Crippen molar-refractivity contribution in [3.63, 3.8) is 0 Å². The van der Waals surface area contributed by atoms with Gasteiger partial charge in [0.1, 0.15) is 12.4 Å². The molecule has 3 atom stereocenters. The Balaban J connectivity index is 1.10. The molecule has 4 aliphatic rings. The van der Waals surface area contributed by atoms with E-state index in [9.17, 15) is 9.90 Å². The molecule has 2 aromatic carbocycles. The van der Waals surface area contributed by atoms with E-state index in [1.165, 1.54) is 22.3 Å². The average Bonchev–Trinajstić information content (AvgIpc) is 3.69. The number of methoxy groups -OCH3 is 1. The third-order valence-electron chi connectivity index (χ3n) is 10.4. The molecule has 3 aliphatic heterocycles. The topological polar surface area (TPSA) is 97.3 Å². The summed E-state index contributed by atoms with van der Waals surface area (Å²) in [6.45, 7) is 9.55. The van der Waals surface area contributed by atoms with Crippen LogP contribution >= 0.6 is 0 Å². The number of anilines is 1. The first-order valence-corrected chi connectivity index (χ1v) is 15.9. The zero-order chi connectivity index (χ0) is 30.4. The van der Waals surface area contributed by atoms with Crippen molar-refractivity contribution in [1.82, 2.24) is 14.9 Å². The fourth-order valence-corrected chi connectivity index (χ4v) is 7.90. The first-order chi connectivity index (χ1) is 21.4. The molecule has 44 heavy (non-hydrogen) atoms. The number of fused-ring (bicyclic) bond motifs is 2. The summed E-state index contributed by atoms with van der Waals surface area (Å²) in [5, 5.41) is 10.0. The zero-order valence-electron chi connectivity index (χ0n) is 25.9. The summed E-state index contributed by atoms with van der Waals surface area (Å²) in [4.78, 5) is 26.4. The molecular formula is C35H42N4O5. The lowest BCUT2D eigenvalue weighted by atomic mass is 9.91. The van der Waals surface area contributed by atoms with Gasteiger partial charge < -0.3 is 24.2 Å². The summed E-state index contributed by atoms with van der Waals surface area (Å²) in [6, 6.07) is 12.9. The second-order valence-corrected chi connectivity index (χ2v) is 13.0. The van der Waals surface area contributed by atoms with Crippen LogP contribution in [0.1, 0.15) is 47.1 Å². The molecule has 7 rings (SSSR count). The van der Waals surface area contributed by atoms with Gasteiger partial charge in [-0.3, -0.25) is 9.69 Å². The van der Waals surface area contributed by atoms with Crippen molar-refractivity contribution in [3.8, 4) is 17.0 Å². The number of para-hydroxylation sites is 1. The van der Waals surface area contributed by atoms with Crippen LogP contribution < -0.4 is 9.64 Å².